The number of piperazine rings is 1. The van der Waals surface area contributed by atoms with E-state index in [2.05, 4.69) is 38.6 Å². The van der Waals surface area contributed by atoms with Crippen LogP contribution in [0.3, 0.4) is 0 Å². The minimum Gasteiger partial charge on any atom is -0.391 e. The summed E-state index contributed by atoms with van der Waals surface area (Å²) in [6.07, 6.45) is 6.80. The molecule has 0 spiro atoms. The standard InChI is InChI=1S/C58H65ClN10O7S/c1-9-47(72)65-24-25-66(35(3)31-65)53-43-29-44(59)50(68-37(5)48-49(34(2)21-23-60-48)69(55(43)68)57(75)64-53)42-16-11-10-14-39(42)15-12-13-26-76-27-22-46(71)63-52(58(6,7)8)56(74)67-32-41(70)28-45(67)54(73)61-30-38-17-19-40(20-18-38)51-36(4)62-33-77-51/h9-12,14-21,23,29,33,35,37,41,45,52,70H,1,13,22,24-28,30-32H2,2-8H3,(H-,61,63,71,73)/p+1/b15-12-/t35-,37?,41+,45-,52+/m0/s1. The van der Waals surface area contributed by atoms with Gasteiger partial charge in [0.25, 0.3) is 0 Å². The number of likely N-dealkylation sites (tertiary alicyclic amines) is 1. The third kappa shape index (κ3) is 11.2. The summed E-state index contributed by atoms with van der Waals surface area (Å²) in [5, 5.41) is 17.7. The SMILES string of the molecule is C=CC(=O)N1CCN(c2nc(=O)n3c4c2cc(Cl)c(-c2ccccc2/C=C\CCOCCC(=O)N[C@H](C(=O)N2C[C@H](O)C[C@H]2C(=O)NCc2ccc(-c5scnc5C)cc2)C(C)(C)C)[n+]4C(C)c2nccc(C)c2-3)[C@@H](C)C1. The van der Waals surface area contributed by atoms with Gasteiger partial charge in [-0.25, -0.2) is 14.3 Å². The van der Waals surface area contributed by atoms with Crippen LogP contribution in [0.5, 0.6) is 0 Å². The number of carbonyl (C=O) groups excluding carboxylic acids is 4. The first kappa shape index (κ1) is 54.7. The number of aromatic nitrogens is 5. The van der Waals surface area contributed by atoms with Crippen LogP contribution in [-0.2, 0) is 30.5 Å². The summed E-state index contributed by atoms with van der Waals surface area (Å²) in [7, 11) is 0. The first-order valence-corrected chi connectivity index (χ1v) is 27.3. The summed E-state index contributed by atoms with van der Waals surface area (Å²) < 4.78 is 9.68. The first-order chi connectivity index (χ1) is 36.9. The fourth-order valence-corrected chi connectivity index (χ4v) is 11.9. The number of aryl methyl sites for hydroxylation is 2. The molecule has 2 aromatic carbocycles. The number of β-amino-alcohol motifs (C(OH)–C–C–N with tert-alkyl or cyclic N) is 1. The lowest BCUT2D eigenvalue weighted by Gasteiger charge is -2.40. The van der Waals surface area contributed by atoms with Crippen LogP contribution < -0.4 is 25.8 Å². The van der Waals surface area contributed by atoms with Gasteiger partial charge in [0.2, 0.25) is 23.6 Å². The number of nitrogens with zero attached hydrogens (tertiary/aromatic N) is 8. The predicted octanol–water partition coefficient (Wildman–Crippen LogP) is 6.89. The van der Waals surface area contributed by atoms with Crippen LogP contribution in [0.2, 0.25) is 5.02 Å². The maximum absolute atomic E-state index is 14.4. The quantitative estimate of drug-likeness (QED) is 0.0519. The van der Waals surface area contributed by atoms with Crippen LogP contribution in [-0.4, -0.2) is 122 Å². The maximum Gasteiger partial charge on any atom is 0.442 e. The van der Waals surface area contributed by atoms with E-state index in [1.54, 1.807) is 27.0 Å². The highest BCUT2D eigenvalue weighted by Crippen LogP contribution is 2.40. The summed E-state index contributed by atoms with van der Waals surface area (Å²) in [5.41, 5.74) is 8.89. The van der Waals surface area contributed by atoms with Gasteiger partial charge < -0.3 is 35.2 Å². The van der Waals surface area contributed by atoms with Crippen molar-refractivity contribution in [3.63, 3.8) is 0 Å². The predicted molar refractivity (Wildman–Crippen MR) is 299 cm³/mol. The molecule has 9 rings (SSSR count). The number of amides is 4. The van der Waals surface area contributed by atoms with E-state index in [1.165, 1.54) is 11.0 Å². The highest BCUT2D eigenvalue weighted by atomic mass is 35.5. The fraction of sp³-hybridized carbons (Fsp3) is 0.397. The lowest BCUT2D eigenvalue weighted by atomic mass is 9.85. The molecule has 0 saturated carbocycles. The largest absolute Gasteiger partial charge is 0.442 e. The zero-order valence-corrected chi connectivity index (χ0v) is 46.2. The summed E-state index contributed by atoms with van der Waals surface area (Å²) in [4.78, 5) is 88.4. The fourth-order valence-electron chi connectivity index (χ4n) is 10.7. The van der Waals surface area contributed by atoms with Gasteiger partial charge in [-0.1, -0.05) is 99.6 Å². The number of fused-ring (bicyclic) bond motifs is 2. The van der Waals surface area contributed by atoms with Crippen molar-refractivity contribution < 1.29 is 33.6 Å². The van der Waals surface area contributed by atoms with E-state index in [0.29, 0.717) is 71.6 Å². The van der Waals surface area contributed by atoms with Crippen molar-refractivity contribution in [2.75, 3.05) is 44.3 Å². The second-order valence-electron chi connectivity index (χ2n) is 21.2. The van der Waals surface area contributed by atoms with Gasteiger partial charge in [0, 0.05) is 68.9 Å². The molecule has 4 amide bonds. The van der Waals surface area contributed by atoms with E-state index in [9.17, 15) is 29.1 Å². The number of thiazole rings is 1. The summed E-state index contributed by atoms with van der Waals surface area (Å²) in [5.74, 6) is -0.821. The van der Waals surface area contributed by atoms with Crippen molar-refractivity contribution in [1.82, 2.24) is 40.0 Å². The number of aliphatic hydroxyl groups excluding tert-OH is 1. The Bertz CT molecular complexity index is 3350. The number of carbonyl (C=O) groups is 4. The Hall–Kier alpha value is -7.12. The molecule has 7 heterocycles. The summed E-state index contributed by atoms with van der Waals surface area (Å²) in [6, 6.07) is 17.2. The second kappa shape index (κ2) is 22.8. The molecule has 17 nitrogen and oxygen atoms in total. The number of ether oxygens (including phenoxy) is 1. The van der Waals surface area contributed by atoms with Gasteiger partial charge in [0.05, 0.1) is 40.4 Å². The summed E-state index contributed by atoms with van der Waals surface area (Å²) >= 11 is 9.00. The Balaban J connectivity index is 0.851. The van der Waals surface area contributed by atoms with Gasteiger partial charge in [-0.2, -0.15) is 4.98 Å². The number of hydrogen-bond donors (Lipinski definition) is 3. The number of aliphatic hydroxyl groups is 1. The van der Waals surface area contributed by atoms with Gasteiger partial charge in [0.1, 0.15) is 29.2 Å². The minimum absolute atomic E-state index is 0.00285. The normalized spacial score (nSPS) is 18.6. The minimum atomic E-state index is -0.963. The monoisotopic (exact) mass is 1080 g/mol. The molecule has 19 heteroatoms. The van der Waals surface area contributed by atoms with Crippen LogP contribution in [0.25, 0.3) is 44.5 Å². The van der Waals surface area contributed by atoms with Gasteiger partial charge in [-0.15, -0.1) is 15.9 Å². The lowest BCUT2D eigenvalue weighted by molar-refractivity contribution is -0.679. The summed E-state index contributed by atoms with van der Waals surface area (Å²) in [6.45, 7) is 19.2. The number of halogens is 1. The number of anilines is 1. The number of pyridine rings is 2. The average molecular weight is 1080 g/mol. The van der Waals surface area contributed by atoms with Crippen molar-refractivity contribution in [2.45, 2.75) is 105 Å². The van der Waals surface area contributed by atoms with Crippen molar-refractivity contribution in [1.29, 1.82) is 0 Å². The van der Waals surface area contributed by atoms with E-state index in [0.717, 1.165) is 38.4 Å². The molecule has 1 unspecified atom stereocenters. The van der Waals surface area contributed by atoms with Gasteiger partial charge in [-0.3, -0.25) is 24.2 Å². The maximum atomic E-state index is 14.4. The lowest BCUT2D eigenvalue weighted by Crippen LogP contribution is -2.57. The molecule has 4 aromatic heterocycles. The first-order valence-electron chi connectivity index (χ1n) is 26.1. The highest BCUT2D eigenvalue weighted by molar-refractivity contribution is 7.13. The molecule has 3 aliphatic heterocycles. The van der Waals surface area contributed by atoms with Crippen LogP contribution in [0.1, 0.15) is 88.0 Å². The number of nitrogens with one attached hydrogen (secondary N) is 2. The molecule has 0 bridgehead atoms. The van der Waals surface area contributed by atoms with Crippen LogP contribution in [0.15, 0.2) is 95.9 Å². The molecule has 0 radical (unpaired) electrons. The van der Waals surface area contributed by atoms with Crippen LogP contribution >= 0.6 is 22.9 Å². The van der Waals surface area contributed by atoms with E-state index >= 15 is 0 Å². The molecule has 3 aliphatic rings. The molecular weight excluding hydrogens is 1020 g/mol. The van der Waals surface area contributed by atoms with Crippen molar-refractivity contribution in [3.05, 3.63) is 135 Å². The smallest absolute Gasteiger partial charge is 0.391 e. The zero-order valence-electron chi connectivity index (χ0n) is 44.6. The molecule has 0 aliphatic carbocycles. The van der Waals surface area contributed by atoms with E-state index in [1.807, 2.05) is 120 Å². The van der Waals surface area contributed by atoms with Crippen molar-refractivity contribution in [2.24, 2.45) is 5.41 Å². The Kier molecular flexibility index (Phi) is 16.2. The molecular formula is C58H66ClN10O7S+. The van der Waals surface area contributed by atoms with E-state index in [-0.39, 0.29) is 62.3 Å². The highest BCUT2D eigenvalue weighted by Gasteiger charge is 2.45. The van der Waals surface area contributed by atoms with E-state index in [4.69, 9.17) is 26.3 Å². The Morgan fingerprint density at radius 3 is 2.51 bits per heavy atom. The topological polar surface area (TPSA) is 196 Å². The van der Waals surface area contributed by atoms with Crippen molar-refractivity contribution in [3.8, 4) is 27.4 Å². The molecule has 3 N–H and O–H groups in total. The zero-order chi connectivity index (χ0) is 54.9. The average Bonchev–Trinajstić information content (AvgIpc) is 4.10. The van der Waals surface area contributed by atoms with Crippen LogP contribution in [0.4, 0.5) is 5.82 Å². The van der Waals surface area contributed by atoms with Gasteiger partial charge in [0.15, 0.2) is 17.2 Å². The molecule has 77 heavy (non-hydrogen) atoms. The van der Waals surface area contributed by atoms with Crippen LogP contribution in [0, 0.1) is 19.3 Å². The third-order valence-electron chi connectivity index (χ3n) is 14.7. The Morgan fingerprint density at radius 1 is 1.03 bits per heavy atom. The second-order valence-corrected chi connectivity index (χ2v) is 22.4. The molecule has 2 saturated heterocycles. The third-order valence-corrected chi connectivity index (χ3v) is 16.0. The number of hydrogen-bond acceptors (Lipinski definition) is 12. The molecule has 2 fully saturated rings. The van der Waals surface area contributed by atoms with E-state index < -0.39 is 35.2 Å². The molecule has 6 aromatic rings. The van der Waals surface area contributed by atoms with Gasteiger partial charge >= 0.3 is 11.3 Å². The number of benzene rings is 2. The van der Waals surface area contributed by atoms with Crippen molar-refractivity contribution >= 4 is 69.5 Å². The Labute approximate surface area is 457 Å². The Morgan fingerprint density at radius 2 is 1.79 bits per heavy atom. The number of rotatable bonds is 16. The molecule has 5 atom stereocenters. The molecule has 402 valence electrons. The van der Waals surface area contributed by atoms with Gasteiger partial charge in [-0.05, 0) is 74.4 Å².